The molecule has 0 atom stereocenters. The highest BCUT2D eigenvalue weighted by Gasteiger charge is 1.96. The third kappa shape index (κ3) is 5.26. The predicted octanol–water partition coefficient (Wildman–Crippen LogP) is 3.91. The molecule has 0 aliphatic rings. The van der Waals surface area contributed by atoms with Crippen molar-refractivity contribution in [3.8, 4) is 0 Å². The molecule has 90 valence electrons. The highest BCUT2D eigenvalue weighted by Crippen LogP contribution is 2.09. The van der Waals surface area contributed by atoms with Gasteiger partial charge in [-0.05, 0) is 30.4 Å². The number of hydrogen-bond donors (Lipinski definition) is 0. The summed E-state index contributed by atoms with van der Waals surface area (Å²) in [7, 11) is 0. The van der Waals surface area contributed by atoms with E-state index in [0.29, 0.717) is 6.61 Å². The minimum Gasteiger partial charge on any atom is -0.350 e. The Balaban J connectivity index is 2.30. The molecule has 0 aliphatic carbocycles. The molecule has 0 N–H and O–H groups in total. The van der Waals surface area contributed by atoms with Crippen LogP contribution in [0, 0.1) is 0 Å². The molecule has 0 spiro atoms. The predicted molar refractivity (Wildman–Crippen MR) is 65.3 cm³/mol. The van der Waals surface area contributed by atoms with Gasteiger partial charge < -0.3 is 4.74 Å². The van der Waals surface area contributed by atoms with E-state index in [1.54, 1.807) is 0 Å². The SMILES string of the molecule is CCCCCc1ccc(CCOCF)cc1. The van der Waals surface area contributed by atoms with Crippen molar-refractivity contribution < 1.29 is 9.13 Å². The Labute approximate surface area is 97.6 Å². The first-order chi connectivity index (χ1) is 7.86. The van der Waals surface area contributed by atoms with Crippen LogP contribution in [0.5, 0.6) is 0 Å². The molecule has 0 saturated carbocycles. The molecular weight excluding hydrogens is 203 g/mol. The fraction of sp³-hybridized carbons (Fsp3) is 0.571. The molecule has 0 bridgehead atoms. The van der Waals surface area contributed by atoms with Crippen molar-refractivity contribution in [3.05, 3.63) is 35.4 Å². The van der Waals surface area contributed by atoms with Crippen LogP contribution in [0.3, 0.4) is 0 Å². The summed E-state index contributed by atoms with van der Waals surface area (Å²) in [6, 6.07) is 8.56. The number of aryl methyl sites for hydroxylation is 1. The number of unbranched alkanes of at least 4 members (excludes halogenated alkanes) is 2. The second-order valence-electron chi connectivity index (χ2n) is 4.04. The van der Waals surface area contributed by atoms with E-state index in [0.717, 1.165) is 12.8 Å². The van der Waals surface area contributed by atoms with Gasteiger partial charge in [0.25, 0.3) is 0 Å². The zero-order valence-electron chi connectivity index (χ0n) is 10.0. The number of hydrogen-bond acceptors (Lipinski definition) is 1. The monoisotopic (exact) mass is 224 g/mol. The van der Waals surface area contributed by atoms with Crippen molar-refractivity contribution in [2.45, 2.75) is 39.0 Å². The minimum atomic E-state index is -0.685. The van der Waals surface area contributed by atoms with Crippen LogP contribution in [-0.2, 0) is 17.6 Å². The summed E-state index contributed by atoms with van der Waals surface area (Å²) in [6.45, 7) is 1.99. The quantitative estimate of drug-likeness (QED) is 0.608. The van der Waals surface area contributed by atoms with Crippen molar-refractivity contribution in [2.75, 3.05) is 13.5 Å². The van der Waals surface area contributed by atoms with Gasteiger partial charge in [-0.3, -0.25) is 0 Å². The second-order valence-corrected chi connectivity index (χ2v) is 4.04. The molecule has 1 aromatic rings. The van der Waals surface area contributed by atoms with Gasteiger partial charge >= 0.3 is 0 Å². The molecule has 0 saturated heterocycles. The maximum absolute atomic E-state index is 11.7. The van der Waals surface area contributed by atoms with Gasteiger partial charge in [0.15, 0.2) is 6.86 Å². The molecule has 0 radical (unpaired) electrons. The normalized spacial score (nSPS) is 10.6. The largest absolute Gasteiger partial charge is 0.350 e. The fourth-order valence-corrected chi connectivity index (χ4v) is 1.70. The summed E-state index contributed by atoms with van der Waals surface area (Å²) in [6.07, 6.45) is 5.78. The molecule has 1 aromatic carbocycles. The molecule has 0 fully saturated rings. The molecule has 2 heteroatoms. The molecule has 1 nitrogen and oxygen atoms in total. The number of ether oxygens (including phenoxy) is 1. The van der Waals surface area contributed by atoms with Crippen LogP contribution in [0.25, 0.3) is 0 Å². The third-order valence-electron chi connectivity index (χ3n) is 2.70. The van der Waals surface area contributed by atoms with Crippen LogP contribution in [0.2, 0.25) is 0 Å². The first-order valence-corrected chi connectivity index (χ1v) is 6.08. The van der Waals surface area contributed by atoms with Gasteiger partial charge in [-0.1, -0.05) is 44.0 Å². The first-order valence-electron chi connectivity index (χ1n) is 6.08. The van der Waals surface area contributed by atoms with Gasteiger partial charge in [-0.2, -0.15) is 0 Å². The van der Waals surface area contributed by atoms with Gasteiger partial charge in [0.05, 0.1) is 6.61 Å². The standard InChI is InChI=1S/C14H21FO/c1-2-3-4-5-13-6-8-14(9-7-13)10-11-16-12-15/h6-9H,2-5,10-12H2,1H3. The lowest BCUT2D eigenvalue weighted by Crippen LogP contribution is -1.97. The van der Waals surface area contributed by atoms with E-state index >= 15 is 0 Å². The maximum atomic E-state index is 11.7. The molecule has 0 aliphatic heterocycles. The van der Waals surface area contributed by atoms with E-state index < -0.39 is 6.86 Å². The second kappa shape index (κ2) is 8.28. The summed E-state index contributed by atoms with van der Waals surface area (Å²) in [5.74, 6) is 0. The number of halogens is 1. The summed E-state index contributed by atoms with van der Waals surface area (Å²) in [5, 5.41) is 0. The van der Waals surface area contributed by atoms with Crippen molar-refractivity contribution in [2.24, 2.45) is 0 Å². The number of rotatable bonds is 8. The topological polar surface area (TPSA) is 9.23 Å². The van der Waals surface area contributed by atoms with E-state index in [4.69, 9.17) is 0 Å². The van der Waals surface area contributed by atoms with Crippen molar-refractivity contribution >= 4 is 0 Å². The zero-order chi connectivity index (χ0) is 11.6. The Bertz CT molecular complexity index is 240. The molecule has 0 aromatic heterocycles. The molecule has 16 heavy (non-hydrogen) atoms. The van der Waals surface area contributed by atoms with Crippen LogP contribution < -0.4 is 0 Å². The van der Waals surface area contributed by atoms with Crippen LogP contribution in [0.1, 0.15) is 37.3 Å². The highest BCUT2D eigenvalue weighted by atomic mass is 19.1. The molecule has 0 unspecified atom stereocenters. The van der Waals surface area contributed by atoms with Crippen LogP contribution in [-0.4, -0.2) is 13.5 Å². The Morgan fingerprint density at radius 2 is 1.62 bits per heavy atom. The molecule has 1 rings (SSSR count). The van der Waals surface area contributed by atoms with Crippen LogP contribution >= 0.6 is 0 Å². The molecular formula is C14H21FO. The first kappa shape index (κ1) is 13.2. The van der Waals surface area contributed by atoms with Crippen molar-refractivity contribution in [1.82, 2.24) is 0 Å². The average Bonchev–Trinajstić information content (AvgIpc) is 2.32. The lowest BCUT2D eigenvalue weighted by molar-refractivity contribution is 0.0601. The van der Waals surface area contributed by atoms with E-state index in [1.165, 1.54) is 30.4 Å². The van der Waals surface area contributed by atoms with E-state index in [9.17, 15) is 4.39 Å². The Morgan fingerprint density at radius 1 is 1.00 bits per heavy atom. The molecule has 0 heterocycles. The Morgan fingerprint density at radius 3 is 2.19 bits per heavy atom. The third-order valence-corrected chi connectivity index (χ3v) is 2.70. The molecule has 0 amide bonds. The van der Waals surface area contributed by atoms with Crippen LogP contribution in [0.4, 0.5) is 4.39 Å². The van der Waals surface area contributed by atoms with Gasteiger partial charge in [-0.15, -0.1) is 0 Å². The average molecular weight is 224 g/mol. The van der Waals surface area contributed by atoms with Crippen molar-refractivity contribution in [3.63, 3.8) is 0 Å². The number of benzene rings is 1. The zero-order valence-corrected chi connectivity index (χ0v) is 10.0. The van der Waals surface area contributed by atoms with E-state index in [-0.39, 0.29) is 0 Å². The Kier molecular flexibility index (Phi) is 6.82. The number of alkyl halides is 1. The van der Waals surface area contributed by atoms with Gasteiger partial charge in [-0.25, -0.2) is 4.39 Å². The summed E-state index contributed by atoms with van der Waals surface area (Å²) in [4.78, 5) is 0. The van der Waals surface area contributed by atoms with E-state index in [1.807, 2.05) is 0 Å². The summed E-state index contributed by atoms with van der Waals surface area (Å²) < 4.78 is 16.4. The van der Waals surface area contributed by atoms with Gasteiger partial charge in [0.1, 0.15) is 0 Å². The van der Waals surface area contributed by atoms with Crippen LogP contribution in [0.15, 0.2) is 24.3 Å². The summed E-state index contributed by atoms with van der Waals surface area (Å²) in [5.41, 5.74) is 2.61. The lowest BCUT2D eigenvalue weighted by Gasteiger charge is -2.04. The van der Waals surface area contributed by atoms with E-state index in [2.05, 4.69) is 35.9 Å². The Hall–Kier alpha value is -0.890. The lowest BCUT2D eigenvalue weighted by atomic mass is 10.0. The van der Waals surface area contributed by atoms with Crippen molar-refractivity contribution in [1.29, 1.82) is 0 Å². The fourth-order valence-electron chi connectivity index (χ4n) is 1.70. The highest BCUT2D eigenvalue weighted by molar-refractivity contribution is 5.22. The minimum absolute atomic E-state index is 0.464. The summed E-state index contributed by atoms with van der Waals surface area (Å²) >= 11 is 0. The van der Waals surface area contributed by atoms with Gasteiger partial charge in [0, 0.05) is 0 Å². The maximum Gasteiger partial charge on any atom is 0.188 e. The van der Waals surface area contributed by atoms with Gasteiger partial charge in [0.2, 0.25) is 0 Å². The smallest absolute Gasteiger partial charge is 0.188 e.